The monoisotopic (exact) mass is 753 g/mol. The maximum atomic E-state index is 13.5. The third kappa shape index (κ3) is 8.70. The van der Waals surface area contributed by atoms with Crippen LogP contribution < -0.4 is 42.2 Å². The van der Waals surface area contributed by atoms with Crippen molar-refractivity contribution in [3.8, 4) is 5.75 Å². The fourth-order valence-corrected chi connectivity index (χ4v) is 5.34. The number of rotatable bonds is 10. The molecule has 5 N–H and O–H groups in total. The fourth-order valence-electron chi connectivity index (χ4n) is 4.35. The van der Waals surface area contributed by atoms with Crippen molar-refractivity contribution in [1.29, 1.82) is 0 Å². The Morgan fingerprint density at radius 1 is 0.765 bits per heavy atom. The van der Waals surface area contributed by atoms with Crippen molar-refractivity contribution < 1.29 is 35.8 Å². The average Bonchev–Trinajstić information content (AvgIpc) is 3.03. The van der Waals surface area contributed by atoms with Gasteiger partial charge >= 0.3 is 17.1 Å². The molecule has 0 saturated carbocycles. The normalized spacial score (nSPS) is 11.4. The van der Waals surface area contributed by atoms with Crippen LogP contribution in [0, 0.1) is 26.0 Å². The summed E-state index contributed by atoms with van der Waals surface area (Å²) in [5, 5.41) is 24.4. The highest BCUT2D eigenvalue weighted by molar-refractivity contribution is 7.91. The molecule has 270 valence electrons. The summed E-state index contributed by atoms with van der Waals surface area (Å²) in [4.78, 5) is 76.3. The predicted molar refractivity (Wildman–Crippen MR) is 180 cm³/mol. The number of hydrogen-bond donors (Lipinski definition) is 5. The molecule has 2 aromatic heterocycles. The lowest BCUT2D eigenvalue weighted by atomic mass is 10.1. The predicted octanol–water partition coefficient (Wildman–Crippen LogP) is -0.0380. The number of fused-ring (bicyclic) bond motifs is 2. The van der Waals surface area contributed by atoms with Crippen LogP contribution in [-0.2, 0) is 26.6 Å². The fraction of sp³-hybridized carbons (Fsp3) is 0.154. The van der Waals surface area contributed by atoms with E-state index < -0.39 is 69.3 Å². The van der Waals surface area contributed by atoms with Crippen molar-refractivity contribution in [1.82, 2.24) is 19.3 Å². The zero-order chi connectivity index (χ0) is 38.0. The van der Waals surface area contributed by atoms with E-state index in [-0.39, 0.29) is 43.7 Å². The Balaban J connectivity index is 0.000000244. The minimum Gasteiger partial charge on any atom is -0.497 e. The first-order chi connectivity index (χ1) is 23.7. The highest BCUT2D eigenvalue weighted by atomic mass is 32.2. The van der Waals surface area contributed by atoms with Gasteiger partial charge in [-0.1, -0.05) is 12.1 Å². The molecule has 0 spiro atoms. The van der Waals surface area contributed by atoms with Gasteiger partial charge in [-0.25, -0.2) is 36.1 Å². The molecule has 0 amide bonds. The summed E-state index contributed by atoms with van der Waals surface area (Å²) in [7, 11) is -6.32. The van der Waals surface area contributed by atoms with Crippen LogP contribution in [0.5, 0.6) is 5.75 Å². The molecule has 22 nitrogen and oxygen atoms in total. The van der Waals surface area contributed by atoms with Crippen molar-refractivity contribution in [3.63, 3.8) is 0 Å². The largest absolute Gasteiger partial charge is 0.497 e. The van der Waals surface area contributed by atoms with Gasteiger partial charge in [0.05, 0.1) is 51.3 Å². The molecule has 5 rings (SSSR count). The molecular weight excluding hydrogens is 729 g/mol. The second-order valence-electron chi connectivity index (χ2n) is 10.3. The first-order valence-corrected chi connectivity index (χ1v) is 17.4. The summed E-state index contributed by atoms with van der Waals surface area (Å²) >= 11 is 0. The second kappa shape index (κ2) is 14.1. The van der Waals surface area contributed by atoms with Crippen molar-refractivity contribution in [2.45, 2.75) is 6.54 Å². The number of nitrogens with zero attached hydrogens (tertiary/aromatic N) is 4. The number of benzene rings is 3. The Hall–Kier alpha value is -6.63. The average molecular weight is 754 g/mol. The van der Waals surface area contributed by atoms with Gasteiger partial charge in [0.2, 0.25) is 25.9 Å². The summed E-state index contributed by atoms with van der Waals surface area (Å²) in [5.41, 5.74) is -5.23. The lowest BCUT2D eigenvalue weighted by molar-refractivity contribution is -0.387. The minimum atomic E-state index is -3.93. The van der Waals surface area contributed by atoms with Crippen LogP contribution in [0.4, 0.5) is 21.5 Å². The molecule has 0 radical (unpaired) electrons. The number of halogens is 1. The van der Waals surface area contributed by atoms with E-state index >= 15 is 0 Å². The summed E-state index contributed by atoms with van der Waals surface area (Å²) in [6.07, 6.45) is 1.49. The molecule has 0 aliphatic rings. The van der Waals surface area contributed by atoms with E-state index in [0.29, 0.717) is 24.1 Å². The van der Waals surface area contributed by atoms with E-state index in [2.05, 4.69) is 15.3 Å². The van der Waals surface area contributed by atoms with Gasteiger partial charge in [0.15, 0.2) is 0 Å². The third-order valence-electron chi connectivity index (χ3n) is 6.53. The first kappa shape index (κ1) is 37.2. The number of aromatic nitrogens is 4. The van der Waals surface area contributed by atoms with Crippen molar-refractivity contribution in [2.75, 3.05) is 34.6 Å². The lowest BCUT2D eigenvalue weighted by Crippen LogP contribution is -2.43. The maximum absolute atomic E-state index is 13.5. The van der Waals surface area contributed by atoms with Crippen molar-refractivity contribution in [3.05, 3.63) is 122 Å². The zero-order valence-corrected chi connectivity index (χ0v) is 27.7. The van der Waals surface area contributed by atoms with E-state index in [0.717, 1.165) is 17.9 Å². The molecule has 0 bridgehead atoms. The number of nitro benzene ring substituents is 2. The molecule has 0 fully saturated rings. The minimum absolute atomic E-state index is 0.0263. The topological polar surface area (TPSA) is 310 Å². The van der Waals surface area contributed by atoms with Crippen LogP contribution in [0.3, 0.4) is 0 Å². The van der Waals surface area contributed by atoms with Crippen molar-refractivity contribution >= 4 is 58.9 Å². The summed E-state index contributed by atoms with van der Waals surface area (Å²) < 4.78 is 64.0. The SMILES string of the molecule is COc1ccc(CNc2cc3c(=O)n(NS(C)(=O)=O)c(=O)[nH]c3cc2[N+](=O)[O-])cc1.CS(=O)(=O)Nn1c(=O)[nH]c2cc([N+](=O)[O-])c(F)cc2c1=O. The molecular formula is C26H24FN9O13S2. The smallest absolute Gasteiger partial charge is 0.348 e. The number of anilines is 1. The Morgan fingerprint density at radius 3 is 1.65 bits per heavy atom. The zero-order valence-electron chi connectivity index (χ0n) is 26.1. The number of nitro groups is 2. The molecule has 51 heavy (non-hydrogen) atoms. The van der Waals surface area contributed by atoms with Gasteiger partial charge in [-0.05, 0) is 29.8 Å². The standard InChI is InChI=1S/C17H17N5O7S.C9H7FN4O6S/c1-29-11-5-3-10(4-6-11)9-18-14-7-12-13(8-15(14)22(25)26)19-17(24)21(16(12)23)20-30(2,27)28;1-21(19,20)12-13-8(15)4-2-5(10)7(14(17)18)3-6(4)11-9(13)16/h3-8,18,20H,9H2,1-2H3,(H,19,24);2-3,12H,1H3,(H,11,16). The maximum Gasteiger partial charge on any atom is 0.348 e. The van der Waals surface area contributed by atoms with E-state index in [4.69, 9.17) is 4.74 Å². The molecule has 0 atom stereocenters. The molecule has 2 heterocycles. The number of methoxy groups -OCH3 is 1. The third-order valence-corrected chi connectivity index (χ3v) is 7.56. The van der Waals surface area contributed by atoms with E-state index in [1.165, 1.54) is 13.2 Å². The first-order valence-electron chi connectivity index (χ1n) is 13.6. The van der Waals surface area contributed by atoms with Crippen LogP contribution in [0.1, 0.15) is 5.56 Å². The number of ether oxygens (including phenoxy) is 1. The molecule has 0 aliphatic carbocycles. The molecule has 25 heteroatoms. The summed E-state index contributed by atoms with van der Waals surface area (Å²) in [6, 6.07) is 10.4. The Labute approximate surface area is 282 Å². The Kier molecular flexibility index (Phi) is 10.3. The number of nitrogens with one attached hydrogen (secondary N) is 5. The molecule has 0 saturated heterocycles. The van der Waals surface area contributed by atoms with Gasteiger partial charge in [-0.15, -0.1) is 0 Å². The van der Waals surface area contributed by atoms with Gasteiger partial charge in [0, 0.05) is 18.7 Å². The number of aromatic amines is 2. The van der Waals surface area contributed by atoms with Crippen LogP contribution >= 0.6 is 0 Å². The van der Waals surface area contributed by atoms with E-state index in [1.54, 1.807) is 33.9 Å². The quantitative estimate of drug-likeness (QED) is 0.0924. The number of hydrogen-bond acceptors (Lipinski definition) is 14. The molecule has 0 unspecified atom stereocenters. The lowest BCUT2D eigenvalue weighted by Gasteiger charge is -2.11. The molecule has 5 aromatic rings. The van der Waals surface area contributed by atoms with Gasteiger partial charge in [-0.2, -0.15) is 13.7 Å². The van der Waals surface area contributed by atoms with Crippen LogP contribution in [-0.4, -0.2) is 65.6 Å². The van der Waals surface area contributed by atoms with Crippen LogP contribution in [0.2, 0.25) is 0 Å². The van der Waals surface area contributed by atoms with E-state index in [9.17, 15) is 60.6 Å². The second-order valence-corrected chi connectivity index (χ2v) is 13.8. The van der Waals surface area contributed by atoms with Crippen LogP contribution in [0.25, 0.3) is 21.8 Å². The highest BCUT2D eigenvalue weighted by Crippen LogP contribution is 2.28. The molecule has 3 aromatic carbocycles. The summed E-state index contributed by atoms with van der Waals surface area (Å²) in [5.74, 6) is -0.638. The summed E-state index contributed by atoms with van der Waals surface area (Å²) in [6.45, 7) is 0.204. The Morgan fingerprint density at radius 2 is 1.22 bits per heavy atom. The highest BCUT2D eigenvalue weighted by Gasteiger charge is 2.21. The van der Waals surface area contributed by atoms with Gasteiger partial charge < -0.3 is 20.0 Å². The van der Waals surface area contributed by atoms with Crippen molar-refractivity contribution in [2.24, 2.45) is 0 Å². The van der Waals surface area contributed by atoms with Gasteiger partial charge in [-0.3, -0.25) is 29.8 Å². The van der Waals surface area contributed by atoms with Crippen LogP contribution in [0.15, 0.2) is 67.7 Å². The van der Waals surface area contributed by atoms with Gasteiger partial charge in [0.25, 0.3) is 16.8 Å². The number of sulfonamides is 2. The number of H-pyrrole nitrogens is 2. The van der Waals surface area contributed by atoms with E-state index in [1.807, 2.05) is 0 Å². The Bertz CT molecular complexity index is 2690. The molecule has 0 aliphatic heterocycles. The van der Waals surface area contributed by atoms with Gasteiger partial charge in [0.1, 0.15) is 11.4 Å².